The Bertz CT molecular complexity index is 859. The van der Waals surface area contributed by atoms with Gasteiger partial charge in [-0.2, -0.15) is 0 Å². The first-order chi connectivity index (χ1) is 15.0. The van der Waals surface area contributed by atoms with Gasteiger partial charge in [-0.3, -0.25) is 9.78 Å². The molecule has 1 aromatic carbocycles. The third-order valence-corrected chi connectivity index (χ3v) is 6.18. The zero-order valence-corrected chi connectivity index (χ0v) is 19.0. The highest BCUT2D eigenvalue weighted by molar-refractivity contribution is 5.80. The van der Waals surface area contributed by atoms with Gasteiger partial charge in [0.25, 0.3) is 0 Å². The summed E-state index contributed by atoms with van der Waals surface area (Å²) < 4.78 is 0. The summed E-state index contributed by atoms with van der Waals surface area (Å²) in [6.07, 6.45) is 5.00. The third-order valence-electron chi connectivity index (χ3n) is 6.18. The van der Waals surface area contributed by atoms with E-state index in [0.717, 1.165) is 11.1 Å². The van der Waals surface area contributed by atoms with Gasteiger partial charge in [0, 0.05) is 57.6 Å². The number of amides is 3. The minimum atomic E-state index is -0.0542. The van der Waals surface area contributed by atoms with E-state index in [0.29, 0.717) is 52.1 Å². The van der Waals surface area contributed by atoms with Crippen molar-refractivity contribution in [1.29, 1.82) is 0 Å². The van der Waals surface area contributed by atoms with E-state index < -0.39 is 0 Å². The van der Waals surface area contributed by atoms with Gasteiger partial charge in [0.05, 0.1) is 0 Å². The predicted molar refractivity (Wildman–Crippen MR) is 122 cm³/mol. The van der Waals surface area contributed by atoms with Gasteiger partial charge >= 0.3 is 6.03 Å². The predicted octanol–water partition coefficient (Wildman–Crippen LogP) is 4.09. The lowest BCUT2D eigenvalue weighted by Crippen LogP contribution is -2.48. The van der Waals surface area contributed by atoms with Crippen LogP contribution in [0.3, 0.4) is 0 Å². The molecule has 6 heteroatoms. The topological polar surface area (TPSA) is 56.8 Å². The molecular weight excluding hydrogens is 388 g/mol. The maximum atomic E-state index is 13.5. The first-order valence-electron chi connectivity index (χ1n) is 11.3. The van der Waals surface area contributed by atoms with Gasteiger partial charge in [-0.15, -0.1) is 0 Å². The number of nitrogens with zero attached hydrogens (tertiary/aromatic N) is 4. The number of hydrogen-bond donors (Lipinski definition) is 0. The van der Waals surface area contributed by atoms with Crippen LogP contribution >= 0.6 is 0 Å². The number of pyridine rings is 1. The van der Waals surface area contributed by atoms with Gasteiger partial charge in [0.15, 0.2) is 0 Å². The van der Waals surface area contributed by atoms with Crippen molar-refractivity contribution in [2.75, 3.05) is 26.2 Å². The van der Waals surface area contributed by atoms with Crippen molar-refractivity contribution in [3.63, 3.8) is 0 Å². The number of urea groups is 1. The summed E-state index contributed by atoms with van der Waals surface area (Å²) in [6.45, 7) is 9.90. The smallest absolute Gasteiger partial charge is 0.319 e. The normalized spacial score (nSPS) is 14.4. The van der Waals surface area contributed by atoms with Crippen LogP contribution in [0.4, 0.5) is 4.79 Å². The van der Waals surface area contributed by atoms with Crippen LogP contribution in [0.15, 0.2) is 48.8 Å². The van der Waals surface area contributed by atoms with Crippen LogP contribution in [-0.4, -0.2) is 57.8 Å². The molecule has 1 fully saturated rings. The van der Waals surface area contributed by atoms with Gasteiger partial charge in [-0.25, -0.2) is 4.79 Å². The molecule has 3 rings (SSSR count). The highest BCUT2D eigenvalue weighted by Crippen LogP contribution is 2.23. The molecule has 2 heterocycles. The Morgan fingerprint density at radius 1 is 1.00 bits per heavy atom. The monoisotopic (exact) mass is 422 g/mol. The number of rotatable bonds is 7. The maximum Gasteiger partial charge on any atom is 0.319 e. The van der Waals surface area contributed by atoms with Crippen molar-refractivity contribution < 1.29 is 9.59 Å². The molecule has 3 amide bonds. The van der Waals surface area contributed by atoms with Crippen molar-refractivity contribution in [2.45, 2.75) is 46.7 Å². The molecule has 0 radical (unpaired) electrons. The van der Waals surface area contributed by atoms with Crippen LogP contribution < -0.4 is 0 Å². The van der Waals surface area contributed by atoms with Crippen molar-refractivity contribution >= 4 is 11.9 Å². The Morgan fingerprint density at radius 3 is 2.32 bits per heavy atom. The van der Waals surface area contributed by atoms with E-state index in [-0.39, 0.29) is 17.9 Å². The van der Waals surface area contributed by atoms with Gasteiger partial charge in [0.2, 0.25) is 5.91 Å². The molecule has 0 bridgehead atoms. The van der Waals surface area contributed by atoms with Crippen LogP contribution in [0.2, 0.25) is 0 Å². The average molecular weight is 423 g/mol. The van der Waals surface area contributed by atoms with Crippen molar-refractivity contribution in [3.05, 3.63) is 65.5 Å². The molecule has 0 spiro atoms. The Hall–Kier alpha value is -2.89. The molecule has 0 unspecified atom stereocenters. The van der Waals surface area contributed by atoms with Crippen molar-refractivity contribution in [2.24, 2.45) is 5.92 Å². The van der Waals surface area contributed by atoms with Crippen LogP contribution in [0, 0.1) is 12.8 Å². The van der Waals surface area contributed by atoms with E-state index in [4.69, 9.17) is 0 Å². The molecule has 1 aliphatic rings. The van der Waals surface area contributed by atoms with E-state index in [1.165, 1.54) is 5.56 Å². The fourth-order valence-corrected chi connectivity index (χ4v) is 4.19. The van der Waals surface area contributed by atoms with E-state index in [9.17, 15) is 9.59 Å². The van der Waals surface area contributed by atoms with E-state index in [1.54, 1.807) is 6.20 Å². The largest absolute Gasteiger partial charge is 0.334 e. The minimum Gasteiger partial charge on any atom is -0.334 e. The second-order valence-electron chi connectivity index (χ2n) is 8.20. The van der Waals surface area contributed by atoms with Crippen LogP contribution in [-0.2, 0) is 17.9 Å². The number of carbonyl (C=O) groups is 2. The summed E-state index contributed by atoms with van der Waals surface area (Å²) in [5.41, 5.74) is 3.37. The molecule has 31 heavy (non-hydrogen) atoms. The molecular formula is C25H34N4O2. The lowest BCUT2D eigenvalue weighted by atomic mass is 9.94. The Labute approximate surface area is 185 Å². The van der Waals surface area contributed by atoms with Crippen molar-refractivity contribution in [1.82, 2.24) is 19.7 Å². The summed E-state index contributed by atoms with van der Waals surface area (Å²) in [7, 11) is 0. The first kappa shape index (κ1) is 22.8. The zero-order chi connectivity index (χ0) is 22.2. The van der Waals surface area contributed by atoms with Crippen molar-refractivity contribution in [3.8, 4) is 0 Å². The number of likely N-dealkylation sites (tertiary alicyclic amines) is 1. The molecule has 166 valence electrons. The van der Waals surface area contributed by atoms with Crippen LogP contribution in [0.25, 0.3) is 0 Å². The highest BCUT2D eigenvalue weighted by atomic mass is 16.2. The quantitative estimate of drug-likeness (QED) is 0.675. The number of hydrogen-bond acceptors (Lipinski definition) is 3. The second-order valence-corrected chi connectivity index (χ2v) is 8.20. The molecule has 0 aliphatic carbocycles. The van der Waals surface area contributed by atoms with E-state index >= 15 is 0 Å². The Kier molecular flexibility index (Phi) is 8.04. The third kappa shape index (κ3) is 5.84. The Balaban J connectivity index is 1.70. The van der Waals surface area contributed by atoms with E-state index in [1.807, 2.05) is 59.0 Å². The van der Waals surface area contributed by atoms with E-state index in [2.05, 4.69) is 24.0 Å². The fourth-order valence-electron chi connectivity index (χ4n) is 4.19. The number of piperidine rings is 1. The number of carbonyl (C=O) groups excluding carboxylic acids is 2. The average Bonchev–Trinajstić information content (AvgIpc) is 2.81. The second kappa shape index (κ2) is 10.9. The van der Waals surface area contributed by atoms with Crippen LogP contribution in [0.5, 0.6) is 0 Å². The van der Waals surface area contributed by atoms with Crippen LogP contribution in [0.1, 0.15) is 43.4 Å². The lowest BCUT2D eigenvalue weighted by molar-refractivity contribution is -0.138. The van der Waals surface area contributed by atoms with Gasteiger partial charge in [-0.1, -0.05) is 30.3 Å². The molecule has 1 aliphatic heterocycles. The fraction of sp³-hybridized carbons (Fsp3) is 0.480. The molecule has 0 N–H and O–H groups in total. The molecule has 1 aromatic heterocycles. The molecule has 1 saturated heterocycles. The zero-order valence-electron chi connectivity index (χ0n) is 19.0. The highest BCUT2D eigenvalue weighted by Gasteiger charge is 2.31. The molecule has 2 aromatic rings. The number of aromatic nitrogens is 1. The maximum absolute atomic E-state index is 13.5. The summed E-state index contributed by atoms with van der Waals surface area (Å²) in [6, 6.07) is 12.2. The summed E-state index contributed by atoms with van der Waals surface area (Å²) >= 11 is 0. The first-order valence-corrected chi connectivity index (χ1v) is 11.3. The SMILES string of the molecule is CCN(CC)C(=O)N1CCC(C(=O)N(Cc2cccnc2)Cc2ccccc2C)CC1. The summed E-state index contributed by atoms with van der Waals surface area (Å²) in [4.78, 5) is 36.1. The number of aryl methyl sites for hydroxylation is 1. The summed E-state index contributed by atoms with van der Waals surface area (Å²) in [5, 5.41) is 0. The minimum absolute atomic E-state index is 0.0542. The molecule has 6 nitrogen and oxygen atoms in total. The van der Waals surface area contributed by atoms with Gasteiger partial charge < -0.3 is 14.7 Å². The molecule has 0 atom stereocenters. The number of benzene rings is 1. The van der Waals surface area contributed by atoms with Gasteiger partial charge in [-0.05, 0) is 56.4 Å². The van der Waals surface area contributed by atoms with Gasteiger partial charge in [0.1, 0.15) is 0 Å². The Morgan fingerprint density at radius 2 is 1.71 bits per heavy atom. The lowest BCUT2D eigenvalue weighted by Gasteiger charge is -2.36. The summed E-state index contributed by atoms with van der Waals surface area (Å²) in [5.74, 6) is 0.114. The standard InChI is InChI=1S/C25H34N4O2/c1-4-27(5-2)25(31)28-15-12-22(13-16-28)24(30)29(18-21-10-8-14-26-17-21)19-23-11-7-6-9-20(23)3/h6-11,14,17,22H,4-5,12-13,15-16,18-19H2,1-3H3. The molecule has 0 saturated carbocycles.